The fourth-order valence-corrected chi connectivity index (χ4v) is 3.57. The molecular weight excluding hydrogens is 465 g/mol. The van der Waals surface area contributed by atoms with Crippen molar-refractivity contribution in [2.24, 2.45) is 5.14 Å². The summed E-state index contributed by atoms with van der Waals surface area (Å²) in [7, 11) is -0.796. The summed E-state index contributed by atoms with van der Waals surface area (Å²) in [6, 6.07) is 2.38. The van der Waals surface area contributed by atoms with E-state index >= 15 is 0 Å². The highest BCUT2D eigenvalue weighted by Crippen LogP contribution is 2.30. The highest BCUT2D eigenvalue weighted by Gasteiger charge is 2.34. The van der Waals surface area contributed by atoms with Gasteiger partial charge in [0.05, 0.1) is 25.8 Å². The lowest BCUT2D eigenvalue weighted by molar-refractivity contribution is -0.157. The second-order valence-electron chi connectivity index (χ2n) is 6.37. The Hall–Kier alpha value is -3.43. The van der Waals surface area contributed by atoms with Crippen molar-refractivity contribution >= 4 is 27.8 Å². The normalized spacial score (nSPS) is 13.0. The Morgan fingerprint density at radius 2 is 1.79 bits per heavy atom. The largest absolute Gasteiger partial charge is 0.481 e. The summed E-state index contributed by atoms with van der Waals surface area (Å²) in [6.07, 6.45) is -2.67. The molecule has 2 aromatic heterocycles. The number of nitrogens with two attached hydrogens (primary N) is 1. The Labute approximate surface area is 188 Å². The third-order valence-electron chi connectivity index (χ3n) is 3.99. The second kappa shape index (κ2) is 10.9. The van der Waals surface area contributed by atoms with Gasteiger partial charge in [-0.25, -0.2) is 22.7 Å². The van der Waals surface area contributed by atoms with Crippen LogP contribution in [0.2, 0.25) is 0 Å². The number of alkyl halides is 1. The summed E-state index contributed by atoms with van der Waals surface area (Å²) < 4.78 is 58.6. The number of hydrogen-bond donors (Lipinski definition) is 2. The van der Waals surface area contributed by atoms with Crippen LogP contribution in [0.1, 0.15) is 29.1 Å². The molecule has 0 saturated carbocycles. The zero-order valence-electron chi connectivity index (χ0n) is 18.1. The number of primary sulfonamides is 1. The highest BCUT2D eigenvalue weighted by molar-refractivity contribution is 7.89. The number of amides is 1. The van der Waals surface area contributed by atoms with E-state index < -0.39 is 56.9 Å². The SMILES string of the molecule is COCC(=O)OC(c1nccc(C(=O)Nc2nc(OC)cc(OC)n2)c1S(N)(=O)=O)C(C)F. The van der Waals surface area contributed by atoms with Crippen LogP contribution in [0.5, 0.6) is 11.8 Å². The van der Waals surface area contributed by atoms with E-state index in [0.717, 1.165) is 19.2 Å². The number of sulfonamides is 1. The van der Waals surface area contributed by atoms with Gasteiger partial charge in [0.15, 0.2) is 6.10 Å². The van der Waals surface area contributed by atoms with Crippen LogP contribution < -0.4 is 19.9 Å². The van der Waals surface area contributed by atoms with Crippen molar-refractivity contribution in [3.05, 3.63) is 29.6 Å². The van der Waals surface area contributed by atoms with E-state index in [-0.39, 0.29) is 17.7 Å². The van der Waals surface area contributed by atoms with Gasteiger partial charge in [-0.1, -0.05) is 0 Å². The lowest BCUT2D eigenvalue weighted by Gasteiger charge is -2.21. The molecule has 2 heterocycles. The van der Waals surface area contributed by atoms with Crippen LogP contribution >= 0.6 is 0 Å². The van der Waals surface area contributed by atoms with Crippen molar-refractivity contribution in [1.29, 1.82) is 0 Å². The lowest BCUT2D eigenvalue weighted by Crippen LogP contribution is -2.28. The number of hydrogen-bond acceptors (Lipinski definition) is 11. The first-order chi connectivity index (χ1) is 15.5. The summed E-state index contributed by atoms with van der Waals surface area (Å²) in [5.74, 6) is -2.18. The number of esters is 1. The number of carbonyl (C=O) groups excluding carboxylic acids is 2. The van der Waals surface area contributed by atoms with Crippen LogP contribution in [0.15, 0.2) is 23.2 Å². The lowest BCUT2D eigenvalue weighted by atomic mass is 10.1. The summed E-state index contributed by atoms with van der Waals surface area (Å²) >= 11 is 0. The number of aromatic nitrogens is 3. The smallest absolute Gasteiger partial charge is 0.332 e. The number of carbonyl (C=O) groups is 2. The number of halogens is 1. The van der Waals surface area contributed by atoms with Gasteiger partial charge in [-0.2, -0.15) is 9.97 Å². The molecule has 2 rings (SSSR count). The molecule has 3 N–H and O–H groups in total. The fraction of sp³-hybridized carbons (Fsp3) is 0.389. The molecule has 0 fully saturated rings. The molecule has 0 spiro atoms. The van der Waals surface area contributed by atoms with Gasteiger partial charge in [-0.15, -0.1) is 0 Å². The molecule has 0 aliphatic heterocycles. The maximum atomic E-state index is 14.3. The first-order valence-electron chi connectivity index (χ1n) is 9.14. The summed E-state index contributed by atoms with van der Waals surface area (Å²) in [4.78, 5) is 35.6. The summed E-state index contributed by atoms with van der Waals surface area (Å²) in [6.45, 7) is 0.492. The zero-order chi connectivity index (χ0) is 24.8. The minimum atomic E-state index is -4.66. The highest BCUT2D eigenvalue weighted by atomic mass is 32.2. The van der Waals surface area contributed by atoms with E-state index in [4.69, 9.17) is 19.3 Å². The molecular formula is C18H22FN5O8S. The van der Waals surface area contributed by atoms with Crippen LogP contribution in [-0.2, 0) is 24.3 Å². The predicted octanol–water partition coefficient (Wildman–Crippen LogP) is 0.377. The van der Waals surface area contributed by atoms with Crippen molar-refractivity contribution in [1.82, 2.24) is 15.0 Å². The molecule has 180 valence electrons. The van der Waals surface area contributed by atoms with Crippen molar-refractivity contribution in [2.45, 2.75) is 24.1 Å². The van der Waals surface area contributed by atoms with E-state index in [1.807, 2.05) is 0 Å². The molecule has 33 heavy (non-hydrogen) atoms. The van der Waals surface area contributed by atoms with Gasteiger partial charge < -0.3 is 18.9 Å². The number of anilines is 1. The topological polar surface area (TPSA) is 182 Å². The first kappa shape index (κ1) is 25.8. The van der Waals surface area contributed by atoms with Crippen LogP contribution in [0.3, 0.4) is 0 Å². The van der Waals surface area contributed by atoms with Crippen LogP contribution in [0.4, 0.5) is 10.3 Å². The zero-order valence-corrected chi connectivity index (χ0v) is 18.9. The van der Waals surface area contributed by atoms with Crippen LogP contribution in [0.25, 0.3) is 0 Å². The maximum Gasteiger partial charge on any atom is 0.332 e. The molecule has 2 aromatic rings. The monoisotopic (exact) mass is 487 g/mol. The molecule has 0 aliphatic rings. The van der Waals surface area contributed by atoms with Gasteiger partial charge in [0.2, 0.25) is 27.7 Å². The van der Waals surface area contributed by atoms with Crippen LogP contribution in [0, 0.1) is 0 Å². The third-order valence-corrected chi connectivity index (χ3v) is 4.99. The van der Waals surface area contributed by atoms with E-state index in [2.05, 4.69) is 25.0 Å². The third kappa shape index (κ3) is 6.53. The second-order valence-corrected chi connectivity index (χ2v) is 7.87. The molecule has 15 heteroatoms. The minimum absolute atomic E-state index is 0.0515. The number of pyridine rings is 1. The summed E-state index contributed by atoms with van der Waals surface area (Å²) in [5, 5.41) is 7.59. The fourth-order valence-electron chi connectivity index (χ4n) is 2.64. The van der Waals surface area contributed by atoms with E-state index in [0.29, 0.717) is 0 Å². The molecule has 0 saturated heterocycles. The Bertz CT molecular complexity index is 1110. The standard InChI is InChI=1S/C18H22FN5O8S/c1-9(19)15(32-13(25)8-29-2)14-16(33(20,27)28)10(5-6-21-14)17(26)24-18-22-11(30-3)7-12(23-18)31-4/h5-7,9,15H,8H2,1-4H3,(H2,20,27,28)(H,22,23,24,26). The molecule has 2 atom stereocenters. The molecule has 2 unspecified atom stereocenters. The minimum Gasteiger partial charge on any atom is -0.481 e. The van der Waals surface area contributed by atoms with Gasteiger partial charge in [-0.3, -0.25) is 15.1 Å². The first-order valence-corrected chi connectivity index (χ1v) is 10.7. The maximum absolute atomic E-state index is 14.3. The Kier molecular flexibility index (Phi) is 8.56. The van der Waals surface area contributed by atoms with Crippen molar-refractivity contribution in [3.63, 3.8) is 0 Å². The average molecular weight is 487 g/mol. The van der Waals surface area contributed by atoms with Crippen molar-refractivity contribution < 1.29 is 41.3 Å². The molecule has 1 amide bonds. The molecule has 0 radical (unpaired) electrons. The van der Waals surface area contributed by atoms with Gasteiger partial charge in [-0.05, 0) is 13.0 Å². The van der Waals surface area contributed by atoms with E-state index in [9.17, 15) is 22.4 Å². The average Bonchev–Trinajstić information content (AvgIpc) is 2.75. The Morgan fingerprint density at radius 3 is 2.27 bits per heavy atom. The number of rotatable bonds is 10. The van der Waals surface area contributed by atoms with Gasteiger partial charge in [0.25, 0.3) is 5.91 Å². The molecule has 13 nitrogen and oxygen atoms in total. The predicted molar refractivity (Wildman–Crippen MR) is 110 cm³/mol. The number of nitrogens with one attached hydrogen (secondary N) is 1. The van der Waals surface area contributed by atoms with Gasteiger partial charge in [0.1, 0.15) is 23.4 Å². The molecule has 0 aliphatic carbocycles. The van der Waals surface area contributed by atoms with Gasteiger partial charge >= 0.3 is 5.97 Å². The van der Waals surface area contributed by atoms with Gasteiger partial charge in [0, 0.05) is 13.3 Å². The van der Waals surface area contributed by atoms with Crippen molar-refractivity contribution in [2.75, 3.05) is 33.3 Å². The molecule has 0 bridgehead atoms. The Morgan fingerprint density at radius 1 is 1.18 bits per heavy atom. The van der Waals surface area contributed by atoms with Crippen LogP contribution in [-0.4, -0.2) is 69.4 Å². The molecule has 0 aromatic carbocycles. The Balaban J connectivity index is 2.56. The number of nitrogens with zero attached hydrogens (tertiary/aromatic N) is 3. The van der Waals surface area contributed by atoms with E-state index in [1.165, 1.54) is 27.4 Å². The van der Waals surface area contributed by atoms with E-state index in [1.54, 1.807) is 0 Å². The quantitative estimate of drug-likeness (QED) is 0.442. The van der Waals surface area contributed by atoms with Crippen molar-refractivity contribution in [3.8, 4) is 11.8 Å². The number of methoxy groups -OCH3 is 3. The summed E-state index contributed by atoms with van der Waals surface area (Å²) in [5.41, 5.74) is -1.09. The number of ether oxygens (including phenoxy) is 4.